The lowest BCUT2D eigenvalue weighted by Crippen LogP contribution is -2.42. The van der Waals surface area contributed by atoms with Crippen LogP contribution in [0, 0.1) is 6.92 Å². The summed E-state index contributed by atoms with van der Waals surface area (Å²) in [6.45, 7) is 7.06. The number of aryl methyl sites for hydroxylation is 1. The lowest BCUT2D eigenvalue weighted by Gasteiger charge is -2.27. The van der Waals surface area contributed by atoms with Crippen LogP contribution in [0.25, 0.3) is 22.5 Å². The number of nitrogens with one attached hydrogen (secondary N) is 2. The van der Waals surface area contributed by atoms with Crippen LogP contribution < -0.4 is 5.32 Å². The predicted molar refractivity (Wildman–Crippen MR) is 109 cm³/mol. The topological polar surface area (TPSA) is 95.8 Å². The van der Waals surface area contributed by atoms with Gasteiger partial charge in [0, 0.05) is 56.6 Å². The maximum atomic E-state index is 5.26. The number of fused-ring (bicyclic) bond motifs is 1. The molecule has 8 nitrogen and oxygen atoms in total. The lowest BCUT2D eigenvalue weighted by atomic mass is 10.1. The highest BCUT2D eigenvalue weighted by atomic mass is 16.5. The molecule has 5 rings (SSSR count). The van der Waals surface area contributed by atoms with Crippen molar-refractivity contribution >= 4 is 11.0 Å². The van der Waals surface area contributed by atoms with Gasteiger partial charge in [-0.15, -0.1) is 0 Å². The molecule has 2 N–H and O–H groups in total. The van der Waals surface area contributed by atoms with Crippen molar-refractivity contribution in [1.29, 1.82) is 0 Å². The normalized spacial score (nSPS) is 15.2. The van der Waals surface area contributed by atoms with Crippen molar-refractivity contribution in [2.75, 3.05) is 26.2 Å². The smallest absolute Gasteiger partial charge is 0.257 e. The van der Waals surface area contributed by atoms with E-state index in [4.69, 9.17) is 9.51 Å². The van der Waals surface area contributed by atoms with Gasteiger partial charge < -0.3 is 14.8 Å². The fourth-order valence-corrected chi connectivity index (χ4v) is 3.72. The van der Waals surface area contributed by atoms with Crippen LogP contribution in [0.4, 0.5) is 0 Å². The van der Waals surface area contributed by atoms with Crippen molar-refractivity contribution in [3.63, 3.8) is 0 Å². The Kier molecular flexibility index (Phi) is 4.79. The number of hydrogen-bond acceptors (Lipinski definition) is 7. The van der Waals surface area contributed by atoms with Gasteiger partial charge >= 0.3 is 0 Å². The molecule has 1 aliphatic heterocycles. The van der Waals surface area contributed by atoms with E-state index in [2.05, 4.69) is 42.5 Å². The molecule has 1 fully saturated rings. The highest BCUT2D eigenvalue weighted by Crippen LogP contribution is 2.22. The van der Waals surface area contributed by atoms with Gasteiger partial charge in [-0.05, 0) is 42.8 Å². The minimum absolute atomic E-state index is 0.517. The fourth-order valence-electron chi connectivity index (χ4n) is 3.72. The quantitative estimate of drug-likeness (QED) is 0.541. The number of nitrogens with zero attached hydrogens (tertiary/aromatic N) is 5. The van der Waals surface area contributed by atoms with Crippen LogP contribution >= 0.6 is 0 Å². The molecule has 0 aliphatic carbocycles. The van der Waals surface area contributed by atoms with Crippen molar-refractivity contribution in [3.8, 4) is 11.5 Å². The third-order valence-electron chi connectivity index (χ3n) is 5.15. The summed E-state index contributed by atoms with van der Waals surface area (Å²) in [5.74, 6) is 2.03. The van der Waals surface area contributed by atoms with Crippen LogP contribution in [0.3, 0.4) is 0 Å². The van der Waals surface area contributed by atoms with Crippen LogP contribution in [0.2, 0.25) is 0 Å². The Morgan fingerprint density at radius 2 is 2.00 bits per heavy atom. The molecule has 0 atom stereocenters. The lowest BCUT2D eigenvalue weighted by molar-refractivity contribution is 0.233. The van der Waals surface area contributed by atoms with Crippen LogP contribution in [0.1, 0.15) is 22.9 Å². The summed E-state index contributed by atoms with van der Waals surface area (Å²) >= 11 is 0. The second-order valence-electron chi connectivity index (χ2n) is 7.42. The molecule has 1 aliphatic rings. The molecule has 1 aromatic carbocycles. The largest absolute Gasteiger partial charge is 0.342 e. The first-order valence-electron chi connectivity index (χ1n) is 9.89. The molecule has 0 unspecified atom stereocenters. The number of H-pyrrole nitrogens is 1. The number of benzene rings is 1. The summed E-state index contributed by atoms with van der Waals surface area (Å²) in [7, 11) is 0. The highest BCUT2D eigenvalue weighted by molar-refractivity contribution is 5.80. The van der Waals surface area contributed by atoms with Gasteiger partial charge in [-0.3, -0.25) is 9.88 Å². The van der Waals surface area contributed by atoms with Gasteiger partial charge in [-0.2, -0.15) is 4.98 Å². The molecule has 4 aromatic rings. The molecule has 148 valence electrons. The summed E-state index contributed by atoms with van der Waals surface area (Å²) in [6, 6.07) is 10.2. The number of imidazole rings is 1. The third-order valence-corrected chi connectivity index (χ3v) is 5.15. The molecule has 0 saturated carbocycles. The van der Waals surface area contributed by atoms with Crippen LogP contribution in [-0.2, 0) is 13.0 Å². The van der Waals surface area contributed by atoms with E-state index in [9.17, 15) is 0 Å². The van der Waals surface area contributed by atoms with Crippen molar-refractivity contribution in [2.24, 2.45) is 0 Å². The first-order valence-corrected chi connectivity index (χ1v) is 9.89. The summed E-state index contributed by atoms with van der Waals surface area (Å²) in [6.07, 6.45) is 2.56. The van der Waals surface area contributed by atoms with E-state index in [1.54, 1.807) is 0 Å². The Balaban J connectivity index is 1.34. The van der Waals surface area contributed by atoms with Crippen LogP contribution in [0.5, 0.6) is 0 Å². The highest BCUT2D eigenvalue weighted by Gasteiger charge is 2.12. The zero-order chi connectivity index (χ0) is 19.6. The second kappa shape index (κ2) is 7.73. The Labute approximate surface area is 168 Å². The third kappa shape index (κ3) is 4.03. The number of aromatic nitrogens is 5. The SMILES string of the molecule is Cc1noc(-c2ccc3nc(Cc4cc(CN5CCNCC5)ccn4)[nH]c3c2)n1. The van der Waals surface area contributed by atoms with Crippen molar-refractivity contribution < 1.29 is 4.52 Å². The number of pyridine rings is 1. The van der Waals surface area contributed by atoms with Gasteiger partial charge in [0.2, 0.25) is 0 Å². The van der Waals surface area contributed by atoms with E-state index in [1.165, 1.54) is 5.56 Å². The molecule has 29 heavy (non-hydrogen) atoms. The maximum Gasteiger partial charge on any atom is 0.257 e. The second-order valence-corrected chi connectivity index (χ2v) is 7.42. The first-order chi connectivity index (χ1) is 14.2. The summed E-state index contributed by atoms with van der Waals surface area (Å²) < 4.78 is 5.26. The Bertz CT molecular complexity index is 1130. The average Bonchev–Trinajstić information content (AvgIpc) is 3.34. The zero-order valence-electron chi connectivity index (χ0n) is 16.4. The summed E-state index contributed by atoms with van der Waals surface area (Å²) in [4.78, 5) is 19.4. The van der Waals surface area contributed by atoms with Gasteiger partial charge in [0.05, 0.1) is 11.0 Å². The van der Waals surface area contributed by atoms with Crippen molar-refractivity contribution in [3.05, 3.63) is 59.4 Å². The molecular weight excluding hydrogens is 366 g/mol. The Morgan fingerprint density at radius 3 is 2.83 bits per heavy atom. The molecule has 0 radical (unpaired) electrons. The molecule has 8 heteroatoms. The van der Waals surface area contributed by atoms with E-state index >= 15 is 0 Å². The molecule has 0 spiro atoms. The standard InChI is InChI=1S/C21H23N7O/c1-14-24-21(29-27-14)16-2-3-18-19(11-16)26-20(25-18)12-17-10-15(4-5-23-17)13-28-8-6-22-7-9-28/h2-5,10-11,22H,6-9,12-13H2,1H3,(H,25,26). The van der Waals surface area contributed by atoms with Gasteiger partial charge in [-0.1, -0.05) is 5.16 Å². The monoisotopic (exact) mass is 389 g/mol. The van der Waals surface area contributed by atoms with E-state index in [1.807, 2.05) is 31.3 Å². The van der Waals surface area contributed by atoms with Crippen molar-refractivity contribution in [1.82, 2.24) is 35.3 Å². The maximum absolute atomic E-state index is 5.26. The Hall–Kier alpha value is -3.10. The minimum atomic E-state index is 0.517. The number of piperazine rings is 1. The zero-order valence-corrected chi connectivity index (χ0v) is 16.4. The molecule has 0 amide bonds. The van der Waals surface area contributed by atoms with Gasteiger partial charge in [-0.25, -0.2) is 4.98 Å². The average molecular weight is 389 g/mol. The summed E-state index contributed by atoms with van der Waals surface area (Å²) in [5, 5.41) is 7.25. The number of rotatable bonds is 5. The summed E-state index contributed by atoms with van der Waals surface area (Å²) in [5.41, 5.74) is 5.05. The van der Waals surface area contributed by atoms with E-state index in [0.29, 0.717) is 18.1 Å². The molecule has 1 saturated heterocycles. The van der Waals surface area contributed by atoms with Gasteiger partial charge in [0.1, 0.15) is 5.82 Å². The number of hydrogen-bond donors (Lipinski definition) is 2. The van der Waals surface area contributed by atoms with Crippen LogP contribution in [-0.4, -0.2) is 56.2 Å². The van der Waals surface area contributed by atoms with E-state index in [-0.39, 0.29) is 0 Å². The first kappa shape index (κ1) is 18.0. The predicted octanol–water partition coefficient (Wildman–Crippen LogP) is 2.31. The van der Waals surface area contributed by atoms with Gasteiger partial charge in [0.15, 0.2) is 5.82 Å². The molecule has 0 bridgehead atoms. The van der Waals surface area contributed by atoms with E-state index in [0.717, 1.165) is 60.8 Å². The molecular formula is C21H23N7O. The van der Waals surface area contributed by atoms with Gasteiger partial charge in [0.25, 0.3) is 5.89 Å². The van der Waals surface area contributed by atoms with Crippen LogP contribution in [0.15, 0.2) is 41.1 Å². The number of aromatic amines is 1. The van der Waals surface area contributed by atoms with Crippen molar-refractivity contribution in [2.45, 2.75) is 19.9 Å². The molecule has 3 aromatic heterocycles. The van der Waals surface area contributed by atoms with E-state index < -0.39 is 0 Å². The fraction of sp³-hybridized carbons (Fsp3) is 0.333. The minimum Gasteiger partial charge on any atom is -0.342 e. The Morgan fingerprint density at radius 1 is 1.10 bits per heavy atom. The molecule has 4 heterocycles.